The van der Waals surface area contributed by atoms with Crippen LogP contribution >= 0.6 is 0 Å². The third-order valence-corrected chi connectivity index (χ3v) is 5.21. The maximum absolute atomic E-state index is 11.9. The Morgan fingerprint density at radius 2 is 1.89 bits per heavy atom. The van der Waals surface area contributed by atoms with Crippen molar-refractivity contribution in [2.24, 2.45) is 0 Å². The van der Waals surface area contributed by atoms with Crippen LogP contribution in [0.1, 0.15) is 59.3 Å². The van der Waals surface area contributed by atoms with Gasteiger partial charge in [0.05, 0.1) is 12.7 Å². The predicted octanol–water partition coefficient (Wildman–Crippen LogP) is 3.28. The summed E-state index contributed by atoms with van der Waals surface area (Å²) in [6, 6.07) is 12.3. The number of aliphatic hydroxyl groups is 2. The fourth-order valence-corrected chi connectivity index (χ4v) is 3.76. The molecule has 0 radical (unpaired) electrons. The number of methoxy groups -OCH3 is 1. The molecule has 2 N–H and O–H groups in total. The lowest BCUT2D eigenvalue weighted by Gasteiger charge is -2.35. The second-order valence-electron chi connectivity index (χ2n) is 7.53. The molecule has 0 heterocycles. The van der Waals surface area contributed by atoms with Crippen molar-refractivity contribution in [1.29, 1.82) is 0 Å². The van der Waals surface area contributed by atoms with Crippen LogP contribution in [0.3, 0.4) is 0 Å². The average Bonchev–Trinajstić information content (AvgIpc) is 2.65. The number of carbonyl (C=O) groups excluding carboxylic acids is 1. The summed E-state index contributed by atoms with van der Waals surface area (Å²) >= 11 is 0. The average molecular weight is 364 g/mol. The van der Waals surface area contributed by atoms with Gasteiger partial charge in [-0.25, -0.2) is 4.79 Å². The largest absolute Gasteiger partial charge is 0.465 e. The highest BCUT2D eigenvalue weighted by molar-refractivity contribution is 5.92. The molecule has 4 nitrogen and oxygen atoms in total. The highest BCUT2D eigenvalue weighted by atomic mass is 16.5. The Bertz CT molecular complexity index is 929. The van der Waals surface area contributed by atoms with E-state index in [1.807, 2.05) is 12.1 Å². The standard InChI is InChI=1S/C23H24O4/c1-22(2)14-7-10-18-19(22)11-6-12-20(18)23(25,26)15-13-16-8-4-5-9-17(16)21(24)27-3/h4-6,8-9,11-12,25-26H,7,10,14H2,1-3H3. The monoisotopic (exact) mass is 364 g/mol. The van der Waals surface area contributed by atoms with Crippen molar-refractivity contribution in [1.82, 2.24) is 0 Å². The minimum atomic E-state index is -2.30. The molecule has 2 aromatic rings. The van der Waals surface area contributed by atoms with Crippen molar-refractivity contribution < 1.29 is 19.7 Å². The van der Waals surface area contributed by atoms with Crippen molar-refractivity contribution in [2.75, 3.05) is 7.11 Å². The van der Waals surface area contributed by atoms with E-state index in [9.17, 15) is 15.0 Å². The molecule has 0 amide bonds. The number of hydrogen-bond donors (Lipinski definition) is 2. The highest BCUT2D eigenvalue weighted by Gasteiger charge is 2.34. The molecule has 140 valence electrons. The van der Waals surface area contributed by atoms with E-state index in [1.165, 1.54) is 7.11 Å². The van der Waals surface area contributed by atoms with Gasteiger partial charge in [-0.3, -0.25) is 0 Å². The Kier molecular flexibility index (Phi) is 5.10. The SMILES string of the molecule is COC(=O)c1ccccc1C#CC(O)(O)c1cccc2c1CCCC2(C)C. The zero-order valence-corrected chi connectivity index (χ0v) is 15.9. The summed E-state index contributed by atoms with van der Waals surface area (Å²) in [5, 5.41) is 21.5. The van der Waals surface area contributed by atoms with Gasteiger partial charge in [0.25, 0.3) is 5.79 Å². The summed E-state index contributed by atoms with van der Waals surface area (Å²) in [5.74, 6) is 2.47. The molecule has 0 saturated heterocycles. The van der Waals surface area contributed by atoms with E-state index in [4.69, 9.17) is 4.74 Å². The van der Waals surface area contributed by atoms with E-state index in [0.717, 1.165) is 30.4 Å². The van der Waals surface area contributed by atoms with Crippen LogP contribution in [0, 0.1) is 11.8 Å². The fraction of sp³-hybridized carbons (Fsp3) is 0.348. The van der Waals surface area contributed by atoms with Gasteiger partial charge in [0.15, 0.2) is 0 Å². The molecule has 0 saturated carbocycles. The lowest BCUT2D eigenvalue weighted by atomic mass is 9.71. The molecule has 0 spiro atoms. The zero-order chi connectivity index (χ0) is 19.7. The van der Waals surface area contributed by atoms with Gasteiger partial charge in [-0.05, 0) is 53.9 Å². The molecule has 0 aliphatic heterocycles. The van der Waals surface area contributed by atoms with Gasteiger partial charge in [0, 0.05) is 11.1 Å². The van der Waals surface area contributed by atoms with E-state index in [-0.39, 0.29) is 5.41 Å². The summed E-state index contributed by atoms with van der Waals surface area (Å²) in [7, 11) is 1.30. The van der Waals surface area contributed by atoms with E-state index in [1.54, 1.807) is 30.3 Å². The molecule has 4 heteroatoms. The van der Waals surface area contributed by atoms with Gasteiger partial charge in [0.1, 0.15) is 0 Å². The van der Waals surface area contributed by atoms with Crippen molar-refractivity contribution in [3.63, 3.8) is 0 Å². The molecular weight excluding hydrogens is 340 g/mol. The maximum Gasteiger partial charge on any atom is 0.339 e. The second kappa shape index (κ2) is 7.19. The number of rotatable bonds is 2. The van der Waals surface area contributed by atoms with Gasteiger partial charge in [-0.1, -0.05) is 50.1 Å². The molecule has 3 rings (SSSR count). The number of ether oxygens (including phenoxy) is 1. The summed E-state index contributed by atoms with van der Waals surface area (Å²) < 4.78 is 4.76. The maximum atomic E-state index is 11.9. The van der Waals surface area contributed by atoms with Gasteiger partial charge in [0.2, 0.25) is 0 Å². The molecule has 0 unspecified atom stereocenters. The molecule has 0 bridgehead atoms. The topological polar surface area (TPSA) is 66.8 Å². The van der Waals surface area contributed by atoms with Crippen LogP contribution in [-0.2, 0) is 22.4 Å². The van der Waals surface area contributed by atoms with Gasteiger partial charge in [-0.15, -0.1) is 0 Å². The van der Waals surface area contributed by atoms with Gasteiger partial charge in [-0.2, -0.15) is 0 Å². The van der Waals surface area contributed by atoms with Crippen molar-refractivity contribution >= 4 is 5.97 Å². The number of benzene rings is 2. The highest BCUT2D eigenvalue weighted by Crippen LogP contribution is 2.40. The molecule has 1 aliphatic carbocycles. The molecular formula is C23H24O4. The molecule has 0 fully saturated rings. The van der Waals surface area contributed by atoms with Crippen molar-refractivity contribution in [3.05, 3.63) is 70.3 Å². The molecule has 27 heavy (non-hydrogen) atoms. The smallest absolute Gasteiger partial charge is 0.339 e. The first kappa shape index (κ1) is 19.2. The summed E-state index contributed by atoms with van der Waals surface area (Å²) in [6.45, 7) is 4.34. The molecule has 2 aromatic carbocycles. The van der Waals surface area contributed by atoms with Gasteiger partial charge < -0.3 is 14.9 Å². The Morgan fingerprint density at radius 3 is 2.63 bits per heavy atom. The molecule has 0 atom stereocenters. The number of carbonyl (C=O) groups is 1. The van der Waals surface area contributed by atoms with Crippen LogP contribution in [0.2, 0.25) is 0 Å². The zero-order valence-electron chi connectivity index (χ0n) is 15.9. The van der Waals surface area contributed by atoms with Crippen molar-refractivity contribution in [3.8, 4) is 11.8 Å². The minimum absolute atomic E-state index is 0.00934. The first-order chi connectivity index (χ1) is 12.8. The number of fused-ring (bicyclic) bond motifs is 1. The minimum Gasteiger partial charge on any atom is -0.465 e. The van der Waals surface area contributed by atoms with Crippen LogP contribution in [-0.4, -0.2) is 23.3 Å². The normalized spacial score (nSPS) is 15.3. The van der Waals surface area contributed by atoms with Gasteiger partial charge >= 0.3 is 5.97 Å². The Balaban J connectivity index is 2.04. The number of hydrogen-bond acceptors (Lipinski definition) is 4. The predicted molar refractivity (Wildman–Crippen MR) is 103 cm³/mol. The van der Waals surface area contributed by atoms with Crippen LogP contribution in [0.4, 0.5) is 0 Å². The van der Waals surface area contributed by atoms with Crippen LogP contribution < -0.4 is 0 Å². The van der Waals surface area contributed by atoms with Crippen LogP contribution in [0.25, 0.3) is 0 Å². The van der Waals surface area contributed by atoms with E-state index in [2.05, 4.69) is 25.7 Å². The third-order valence-electron chi connectivity index (χ3n) is 5.21. The van der Waals surface area contributed by atoms with Crippen molar-refractivity contribution in [2.45, 2.75) is 44.3 Å². The molecule has 1 aliphatic rings. The quantitative estimate of drug-likeness (QED) is 0.488. The molecule has 0 aromatic heterocycles. The van der Waals surface area contributed by atoms with Crippen LogP contribution in [0.15, 0.2) is 42.5 Å². The number of esters is 1. The van der Waals surface area contributed by atoms with E-state index >= 15 is 0 Å². The summed E-state index contributed by atoms with van der Waals surface area (Å²) in [4.78, 5) is 11.9. The third kappa shape index (κ3) is 3.75. The lowest BCUT2D eigenvalue weighted by molar-refractivity contribution is -0.116. The van der Waals surface area contributed by atoms with E-state index < -0.39 is 11.8 Å². The lowest BCUT2D eigenvalue weighted by Crippen LogP contribution is -2.30. The Labute approximate surface area is 159 Å². The van der Waals surface area contributed by atoms with E-state index in [0.29, 0.717) is 16.7 Å². The fourth-order valence-electron chi connectivity index (χ4n) is 3.76. The Hall–Kier alpha value is -2.61. The first-order valence-electron chi connectivity index (χ1n) is 9.04. The first-order valence-corrected chi connectivity index (χ1v) is 9.04. The summed E-state index contributed by atoms with van der Waals surface area (Å²) in [6.07, 6.45) is 2.84. The Morgan fingerprint density at radius 1 is 1.15 bits per heavy atom. The van der Waals surface area contributed by atoms with Crippen LogP contribution in [0.5, 0.6) is 0 Å². The summed E-state index contributed by atoms with van der Waals surface area (Å²) in [5.41, 5.74) is 3.17. The second-order valence-corrected chi connectivity index (χ2v) is 7.53.